The van der Waals surface area contributed by atoms with E-state index < -0.39 is 0 Å². The van der Waals surface area contributed by atoms with Crippen LogP contribution < -0.4 is 10.2 Å². The van der Waals surface area contributed by atoms with E-state index in [0.29, 0.717) is 13.0 Å². The first kappa shape index (κ1) is 16.5. The molecule has 0 bridgehead atoms. The van der Waals surface area contributed by atoms with Gasteiger partial charge in [0.05, 0.1) is 17.9 Å². The Balaban J connectivity index is 1.50. The Labute approximate surface area is 161 Å². The van der Waals surface area contributed by atoms with Crippen molar-refractivity contribution in [3.05, 3.63) is 58.9 Å². The van der Waals surface area contributed by atoms with Crippen LogP contribution in [0.3, 0.4) is 0 Å². The molecular formula is C20H21N5OS. The van der Waals surface area contributed by atoms with Crippen LogP contribution in [0.2, 0.25) is 0 Å². The van der Waals surface area contributed by atoms with Crippen molar-refractivity contribution >= 4 is 22.4 Å². The van der Waals surface area contributed by atoms with Crippen LogP contribution in [0, 0.1) is 0 Å². The summed E-state index contributed by atoms with van der Waals surface area (Å²) in [4.78, 5) is 20.7. The number of anilines is 1. The molecule has 1 aromatic carbocycles. The van der Waals surface area contributed by atoms with E-state index in [1.165, 1.54) is 17.7 Å². The summed E-state index contributed by atoms with van der Waals surface area (Å²) in [5.41, 5.74) is 3.19. The zero-order valence-corrected chi connectivity index (χ0v) is 15.8. The van der Waals surface area contributed by atoms with Crippen LogP contribution in [0.25, 0.3) is 5.69 Å². The molecule has 4 heterocycles. The number of fused-ring (bicyclic) bond motifs is 1. The second-order valence-electron chi connectivity index (χ2n) is 7.08. The first-order chi connectivity index (χ1) is 13.3. The topological polar surface area (TPSA) is 63.1 Å². The highest BCUT2D eigenvalue weighted by Gasteiger charge is 2.29. The number of amides is 1. The van der Waals surface area contributed by atoms with E-state index in [4.69, 9.17) is 4.98 Å². The molecule has 2 aliphatic rings. The Hall–Kier alpha value is -2.67. The number of carbonyl (C=O) groups is 1. The Morgan fingerprint density at radius 2 is 1.96 bits per heavy atom. The SMILES string of the molecule is O=C1CC(c2ccc(-n3cccn3)cc2)c2sc(N3CCCC3)nc2CN1. The number of rotatable bonds is 3. The molecule has 1 fully saturated rings. The van der Waals surface area contributed by atoms with E-state index in [0.717, 1.165) is 35.2 Å². The highest BCUT2D eigenvalue weighted by atomic mass is 32.1. The lowest BCUT2D eigenvalue weighted by Gasteiger charge is -2.15. The first-order valence-corrected chi connectivity index (χ1v) is 10.2. The quantitative estimate of drug-likeness (QED) is 0.760. The Bertz CT molecular complexity index is 941. The third-order valence-electron chi connectivity index (χ3n) is 5.32. The van der Waals surface area contributed by atoms with E-state index in [2.05, 4.69) is 39.6 Å². The Morgan fingerprint density at radius 3 is 2.70 bits per heavy atom. The van der Waals surface area contributed by atoms with Gasteiger partial charge in [-0.1, -0.05) is 12.1 Å². The lowest BCUT2D eigenvalue weighted by atomic mass is 9.93. The average molecular weight is 379 g/mol. The van der Waals surface area contributed by atoms with Crippen LogP contribution in [-0.2, 0) is 11.3 Å². The first-order valence-electron chi connectivity index (χ1n) is 9.39. The van der Waals surface area contributed by atoms with Gasteiger partial charge in [0.25, 0.3) is 0 Å². The minimum Gasteiger partial charge on any atom is -0.350 e. The zero-order valence-electron chi connectivity index (χ0n) is 15.0. The predicted molar refractivity (Wildman–Crippen MR) is 105 cm³/mol. The zero-order chi connectivity index (χ0) is 18.2. The monoisotopic (exact) mass is 379 g/mol. The number of hydrogen-bond acceptors (Lipinski definition) is 5. The minimum atomic E-state index is 0.0584. The van der Waals surface area contributed by atoms with Gasteiger partial charge in [-0.25, -0.2) is 9.67 Å². The van der Waals surface area contributed by atoms with Crippen LogP contribution in [0.5, 0.6) is 0 Å². The third-order valence-corrected chi connectivity index (χ3v) is 6.59. The third kappa shape index (κ3) is 3.12. The number of hydrogen-bond donors (Lipinski definition) is 1. The summed E-state index contributed by atoms with van der Waals surface area (Å²) in [7, 11) is 0. The van der Waals surface area contributed by atoms with Crippen LogP contribution >= 0.6 is 11.3 Å². The fourth-order valence-electron chi connectivity index (χ4n) is 3.88. The molecule has 1 saturated heterocycles. The molecule has 2 aliphatic heterocycles. The molecule has 27 heavy (non-hydrogen) atoms. The van der Waals surface area contributed by atoms with E-state index >= 15 is 0 Å². The maximum Gasteiger partial charge on any atom is 0.221 e. The second kappa shape index (κ2) is 6.81. The van der Waals surface area contributed by atoms with Crippen molar-refractivity contribution in [2.75, 3.05) is 18.0 Å². The number of nitrogens with one attached hydrogen (secondary N) is 1. The Morgan fingerprint density at radius 1 is 1.15 bits per heavy atom. The second-order valence-corrected chi connectivity index (χ2v) is 8.09. The van der Waals surface area contributed by atoms with Crippen LogP contribution in [0.4, 0.5) is 5.13 Å². The standard InChI is InChI=1S/C20H21N5OS/c26-18-12-16(14-4-6-15(7-5-14)25-11-3-8-22-25)19-17(13-21-18)23-20(27-19)24-9-1-2-10-24/h3-8,11,16H,1-2,9-10,12-13H2,(H,21,26). The molecule has 6 nitrogen and oxygen atoms in total. The van der Waals surface area contributed by atoms with Crippen LogP contribution in [0.15, 0.2) is 42.7 Å². The average Bonchev–Trinajstić information content (AvgIpc) is 3.45. The van der Waals surface area contributed by atoms with Gasteiger partial charge in [0.2, 0.25) is 5.91 Å². The summed E-state index contributed by atoms with van der Waals surface area (Å²) in [5, 5.41) is 8.39. The maximum absolute atomic E-state index is 12.3. The summed E-state index contributed by atoms with van der Waals surface area (Å²) >= 11 is 1.76. The molecule has 138 valence electrons. The normalized spacial score (nSPS) is 19.6. The molecule has 1 atom stereocenters. The van der Waals surface area contributed by atoms with Crippen LogP contribution in [0.1, 0.15) is 41.3 Å². The number of thiazole rings is 1. The molecule has 0 aliphatic carbocycles. The lowest BCUT2D eigenvalue weighted by molar-refractivity contribution is -0.121. The maximum atomic E-state index is 12.3. The highest BCUT2D eigenvalue weighted by Crippen LogP contribution is 2.40. The van der Waals surface area contributed by atoms with Gasteiger partial charge in [-0.2, -0.15) is 5.10 Å². The van der Waals surface area contributed by atoms with Crippen molar-refractivity contribution in [1.82, 2.24) is 20.1 Å². The fourth-order valence-corrected chi connectivity index (χ4v) is 5.14. The van der Waals surface area contributed by atoms with Crippen molar-refractivity contribution < 1.29 is 4.79 Å². The number of carbonyl (C=O) groups excluding carboxylic acids is 1. The molecule has 0 saturated carbocycles. The van der Waals surface area contributed by atoms with Gasteiger partial charge < -0.3 is 10.2 Å². The van der Waals surface area contributed by atoms with E-state index in [1.807, 2.05) is 16.9 Å². The largest absolute Gasteiger partial charge is 0.350 e. The molecule has 2 aromatic heterocycles. The lowest BCUT2D eigenvalue weighted by Crippen LogP contribution is -2.22. The summed E-state index contributed by atoms with van der Waals surface area (Å²) < 4.78 is 1.84. The van der Waals surface area contributed by atoms with Crippen molar-refractivity contribution in [2.24, 2.45) is 0 Å². The molecule has 5 rings (SSSR count). The van der Waals surface area contributed by atoms with Crippen molar-refractivity contribution in [1.29, 1.82) is 0 Å². The van der Waals surface area contributed by atoms with Gasteiger partial charge in [0.1, 0.15) is 0 Å². The summed E-state index contributed by atoms with van der Waals surface area (Å²) in [6, 6.07) is 10.3. The number of nitrogens with zero attached hydrogens (tertiary/aromatic N) is 4. The van der Waals surface area contributed by atoms with Crippen molar-refractivity contribution in [2.45, 2.75) is 31.7 Å². The number of benzene rings is 1. The summed E-state index contributed by atoms with van der Waals surface area (Å²) in [5.74, 6) is 0.145. The van der Waals surface area contributed by atoms with Crippen molar-refractivity contribution in [3.63, 3.8) is 0 Å². The molecule has 1 N–H and O–H groups in total. The van der Waals surface area contributed by atoms with Gasteiger partial charge in [-0.05, 0) is 36.6 Å². The summed E-state index contributed by atoms with van der Waals surface area (Å²) in [6.45, 7) is 2.70. The van der Waals surface area contributed by atoms with E-state index in [9.17, 15) is 4.79 Å². The molecular weight excluding hydrogens is 358 g/mol. The van der Waals surface area contributed by atoms with E-state index in [1.54, 1.807) is 17.5 Å². The summed E-state index contributed by atoms with van der Waals surface area (Å²) in [6.07, 6.45) is 6.64. The van der Waals surface area contributed by atoms with Gasteiger partial charge in [0, 0.05) is 42.7 Å². The molecule has 1 unspecified atom stereocenters. The molecule has 3 aromatic rings. The molecule has 0 spiro atoms. The van der Waals surface area contributed by atoms with Gasteiger partial charge in [-0.3, -0.25) is 4.79 Å². The van der Waals surface area contributed by atoms with E-state index in [-0.39, 0.29) is 11.8 Å². The van der Waals surface area contributed by atoms with Gasteiger partial charge in [0.15, 0.2) is 5.13 Å². The van der Waals surface area contributed by atoms with Gasteiger partial charge in [-0.15, -0.1) is 11.3 Å². The van der Waals surface area contributed by atoms with Gasteiger partial charge >= 0.3 is 0 Å². The Kier molecular flexibility index (Phi) is 4.16. The fraction of sp³-hybridized carbons (Fsp3) is 0.350. The predicted octanol–water partition coefficient (Wildman–Crippen LogP) is 3.08. The molecule has 0 radical (unpaired) electrons. The minimum absolute atomic E-state index is 0.0584. The highest BCUT2D eigenvalue weighted by molar-refractivity contribution is 7.15. The molecule has 7 heteroatoms. The molecule has 1 amide bonds. The smallest absolute Gasteiger partial charge is 0.221 e. The van der Waals surface area contributed by atoms with Crippen molar-refractivity contribution in [3.8, 4) is 5.69 Å². The number of aromatic nitrogens is 3. The van der Waals surface area contributed by atoms with Crippen LogP contribution in [-0.4, -0.2) is 33.8 Å².